The molecule has 0 aliphatic heterocycles. The van der Waals surface area contributed by atoms with E-state index in [9.17, 15) is 8.60 Å². The number of rotatable bonds is 10. The van der Waals surface area contributed by atoms with Crippen LogP contribution in [0.3, 0.4) is 0 Å². The Bertz CT molecular complexity index is 771. The molecule has 0 fully saturated rings. The average Bonchev–Trinajstić information content (AvgIpc) is 2.67. The molecule has 2 N–H and O–H groups in total. The molecule has 0 aromatic heterocycles. The third kappa shape index (κ3) is 8.52. The van der Waals surface area contributed by atoms with Crippen LogP contribution >= 0.6 is 0 Å². The van der Waals surface area contributed by atoms with E-state index in [0.29, 0.717) is 36.3 Å². The van der Waals surface area contributed by atoms with Gasteiger partial charge in [-0.25, -0.2) is 9.38 Å². The lowest BCUT2D eigenvalue weighted by molar-refractivity contribution is 0.229. The second-order valence-electron chi connectivity index (χ2n) is 6.31. The maximum atomic E-state index is 13.2. The zero-order valence-corrected chi connectivity index (χ0v) is 17.2. The Morgan fingerprint density at radius 1 is 1.18 bits per heavy atom. The van der Waals surface area contributed by atoms with Crippen molar-refractivity contribution in [3.05, 3.63) is 66.0 Å². The van der Waals surface area contributed by atoms with E-state index in [1.54, 1.807) is 12.1 Å². The van der Waals surface area contributed by atoms with Gasteiger partial charge in [-0.15, -0.1) is 0 Å². The SMILES string of the molecule is CCNC(=NCC(C)Oc1cccc(F)c1)NCCS(=O)Cc1ccccc1. The molecular weight excluding hydrogens is 377 g/mol. The second kappa shape index (κ2) is 12.1. The van der Waals surface area contributed by atoms with Crippen LogP contribution in [0.5, 0.6) is 5.75 Å². The number of guanidine groups is 1. The molecule has 0 bridgehead atoms. The highest BCUT2D eigenvalue weighted by molar-refractivity contribution is 7.84. The molecule has 0 saturated heterocycles. The lowest BCUT2D eigenvalue weighted by Gasteiger charge is -2.15. The number of ether oxygens (including phenoxy) is 1. The highest BCUT2D eigenvalue weighted by Gasteiger charge is 2.06. The second-order valence-corrected chi connectivity index (χ2v) is 7.88. The average molecular weight is 406 g/mol. The van der Waals surface area contributed by atoms with Gasteiger partial charge in [0.1, 0.15) is 17.7 Å². The van der Waals surface area contributed by atoms with Crippen molar-refractivity contribution in [3.63, 3.8) is 0 Å². The minimum absolute atomic E-state index is 0.204. The largest absolute Gasteiger partial charge is 0.489 e. The first-order valence-corrected chi connectivity index (χ1v) is 10.9. The number of hydrogen-bond donors (Lipinski definition) is 2. The smallest absolute Gasteiger partial charge is 0.191 e. The van der Waals surface area contributed by atoms with Crippen LogP contribution in [0.4, 0.5) is 4.39 Å². The predicted molar refractivity (Wildman–Crippen MR) is 114 cm³/mol. The number of hydrogen-bond acceptors (Lipinski definition) is 3. The fourth-order valence-corrected chi connectivity index (χ4v) is 3.53. The molecule has 2 rings (SSSR count). The van der Waals surface area contributed by atoms with E-state index in [-0.39, 0.29) is 11.9 Å². The fourth-order valence-electron chi connectivity index (χ4n) is 2.49. The van der Waals surface area contributed by atoms with Crippen LogP contribution in [0.2, 0.25) is 0 Å². The zero-order valence-electron chi connectivity index (χ0n) is 16.4. The molecule has 5 nitrogen and oxygen atoms in total. The summed E-state index contributed by atoms with van der Waals surface area (Å²) in [6, 6.07) is 15.9. The quantitative estimate of drug-likeness (QED) is 0.471. The standard InChI is InChI=1S/C21H28FN3O2S/c1-3-23-21(24-12-13-28(26)16-18-8-5-4-6-9-18)25-15-17(2)27-20-11-7-10-19(22)14-20/h4-11,14,17H,3,12-13,15-16H2,1-2H3,(H2,23,24,25). The van der Waals surface area contributed by atoms with Gasteiger partial charge >= 0.3 is 0 Å². The Balaban J connectivity index is 1.77. The molecule has 2 unspecified atom stereocenters. The highest BCUT2D eigenvalue weighted by atomic mass is 32.2. The van der Waals surface area contributed by atoms with Crippen molar-refractivity contribution in [2.24, 2.45) is 4.99 Å². The van der Waals surface area contributed by atoms with Crippen molar-refractivity contribution >= 4 is 16.8 Å². The predicted octanol–water partition coefficient (Wildman–Crippen LogP) is 3.10. The normalized spacial score (nSPS) is 13.6. The lowest BCUT2D eigenvalue weighted by Crippen LogP contribution is -2.39. The molecule has 0 aliphatic carbocycles. The third-order valence-electron chi connectivity index (χ3n) is 3.78. The van der Waals surface area contributed by atoms with Crippen molar-refractivity contribution in [2.45, 2.75) is 25.7 Å². The molecule has 0 heterocycles. The van der Waals surface area contributed by atoms with Crippen LogP contribution in [-0.4, -0.2) is 41.7 Å². The zero-order chi connectivity index (χ0) is 20.2. The molecule has 0 saturated carbocycles. The molecule has 7 heteroatoms. The number of halogens is 1. The Labute approximate surface area is 168 Å². The molecular formula is C21H28FN3O2S. The molecule has 2 aromatic rings. The molecule has 0 spiro atoms. The Morgan fingerprint density at radius 3 is 2.68 bits per heavy atom. The van der Waals surface area contributed by atoms with Crippen LogP contribution in [0.15, 0.2) is 59.6 Å². The minimum Gasteiger partial charge on any atom is -0.489 e. The molecule has 0 radical (unpaired) electrons. The van der Waals surface area contributed by atoms with Crippen molar-refractivity contribution in [2.75, 3.05) is 25.4 Å². The van der Waals surface area contributed by atoms with Crippen molar-refractivity contribution in [1.29, 1.82) is 0 Å². The first-order valence-electron chi connectivity index (χ1n) is 9.40. The van der Waals surface area contributed by atoms with E-state index >= 15 is 0 Å². The molecule has 2 aromatic carbocycles. The third-order valence-corrected chi connectivity index (χ3v) is 5.09. The minimum atomic E-state index is -0.938. The van der Waals surface area contributed by atoms with Gasteiger partial charge in [0.15, 0.2) is 5.96 Å². The summed E-state index contributed by atoms with van der Waals surface area (Å²) in [4.78, 5) is 4.49. The molecule has 0 amide bonds. The summed E-state index contributed by atoms with van der Waals surface area (Å²) >= 11 is 0. The van der Waals surface area contributed by atoms with Gasteiger partial charge in [-0.1, -0.05) is 36.4 Å². The Hall–Kier alpha value is -2.41. The number of nitrogens with zero attached hydrogens (tertiary/aromatic N) is 1. The summed E-state index contributed by atoms with van der Waals surface area (Å²) in [5.74, 6) is 1.89. The van der Waals surface area contributed by atoms with E-state index < -0.39 is 10.8 Å². The first-order chi connectivity index (χ1) is 13.6. The van der Waals surface area contributed by atoms with Gasteiger partial charge in [0, 0.05) is 41.5 Å². The first kappa shape index (κ1) is 21.9. The van der Waals surface area contributed by atoms with Gasteiger partial charge in [0.2, 0.25) is 0 Å². The maximum Gasteiger partial charge on any atom is 0.191 e. The molecule has 28 heavy (non-hydrogen) atoms. The van der Waals surface area contributed by atoms with Crippen LogP contribution < -0.4 is 15.4 Å². The van der Waals surface area contributed by atoms with Gasteiger partial charge in [-0.2, -0.15) is 0 Å². The summed E-state index contributed by atoms with van der Waals surface area (Å²) in [6.45, 7) is 5.56. The molecule has 0 aliphatic rings. The molecule has 152 valence electrons. The van der Waals surface area contributed by atoms with E-state index in [1.807, 2.05) is 44.2 Å². The van der Waals surface area contributed by atoms with Crippen LogP contribution in [-0.2, 0) is 16.6 Å². The van der Waals surface area contributed by atoms with Gasteiger partial charge in [0.25, 0.3) is 0 Å². The Kier molecular flexibility index (Phi) is 9.48. The van der Waals surface area contributed by atoms with Gasteiger partial charge < -0.3 is 15.4 Å². The van der Waals surface area contributed by atoms with Crippen LogP contribution in [0.25, 0.3) is 0 Å². The van der Waals surface area contributed by atoms with Crippen molar-refractivity contribution < 1.29 is 13.3 Å². The topological polar surface area (TPSA) is 62.7 Å². The van der Waals surface area contributed by atoms with E-state index in [0.717, 1.165) is 12.1 Å². The lowest BCUT2D eigenvalue weighted by atomic mass is 10.2. The van der Waals surface area contributed by atoms with Gasteiger partial charge in [0.05, 0.1) is 6.54 Å². The maximum absolute atomic E-state index is 13.2. The number of benzene rings is 2. The van der Waals surface area contributed by atoms with Crippen molar-refractivity contribution in [1.82, 2.24) is 10.6 Å². The fraction of sp³-hybridized carbons (Fsp3) is 0.381. The van der Waals surface area contributed by atoms with Crippen molar-refractivity contribution in [3.8, 4) is 5.75 Å². The van der Waals surface area contributed by atoms with E-state index in [2.05, 4.69) is 15.6 Å². The summed E-state index contributed by atoms with van der Waals surface area (Å²) in [6.07, 6.45) is -0.204. The monoisotopic (exact) mass is 405 g/mol. The summed E-state index contributed by atoms with van der Waals surface area (Å²) in [5, 5.41) is 6.35. The summed E-state index contributed by atoms with van der Waals surface area (Å²) in [7, 11) is -0.938. The Morgan fingerprint density at radius 2 is 1.96 bits per heavy atom. The number of aliphatic imine (C=N–C) groups is 1. The molecule has 2 atom stereocenters. The highest BCUT2D eigenvalue weighted by Crippen LogP contribution is 2.13. The van der Waals surface area contributed by atoms with Gasteiger partial charge in [-0.3, -0.25) is 4.21 Å². The van der Waals surface area contributed by atoms with E-state index in [1.165, 1.54) is 12.1 Å². The van der Waals surface area contributed by atoms with E-state index in [4.69, 9.17) is 4.74 Å². The van der Waals surface area contributed by atoms with Crippen LogP contribution in [0.1, 0.15) is 19.4 Å². The van der Waals surface area contributed by atoms with Gasteiger partial charge in [-0.05, 0) is 31.5 Å². The summed E-state index contributed by atoms with van der Waals surface area (Å²) in [5.41, 5.74) is 1.07. The summed E-state index contributed by atoms with van der Waals surface area (Å²) < 4.78 is 31.1. The number of nitrogens with one attached hydrogen (secondary N) is 2. The van der Waals surface area contributed by atoms with Crippen LogP contribution in [0, 0.1) is 5.82 Å².